The Morgan fingerprint density at radius 1 is 1.36 bits per heavy atom. The molecule has 0 aliphatic rings. The Morgan fingerprint density at radius 2 is 2.08 bits per heavy atom. The molecular weight excluding hydrogens is 328 g/mol. The molecule has 0 unspecified atom stereocenters. The topological polar surface area (TPSA) is 107 Å². The number of non-ortho nitro benzene ring substituents is 1. The third-order valence-corrected chi connectivity index (χ3v) is 3.66. The van der Waals surface area contributed by atoms with Gasteiger partial charge in [0.2, 0.25) is 0 Å². The van der Waals surface area contributed by atoms with Gasteiger partial charge in [-0.15, -0.1) is 0 Å². The van der Waals surface area contributed by atoms with Crippen LogP contribution in [0.1, 0.15) is 0 Å². The van der Waals surface area contributed by atoms with Gasteiger partial charge in [0.15, 0.2) is 12.4 Å². The van der Waals surface area contributed by atoms with Crippen molar-refractivity contribution in [2.45, 2.75) is 6.54 Å². The molecule has 134 valence electrons. The summed E-state index contributed by atoms with van der Waals surface area (Å²) in [4.78, 5) is 36.4. The van der Waals surface area contributed by atoms with E-state index in [1.807, 2.05) is 19.0 Å². The maximum Gasteiger partial charge on any atom is 0.293 e. The first-order valence-electron chi connectivity index (χ1n) is 7.63. The SMILES string of the molecule is CNC(=O)COc1cc2cc([N+](=O)[O-])ccc2n(CCN(C)C)c1=O. The highest BCUT2D eigenvalue weighted by Crippen LogP contribution is 2.23. The molecule has 1 heterocycles. The molecule has 0 saturated heterocycles. The maximum atomic E-state index is 12.7. The number of nitrogens with zero attached hydrogens (tertiary/aromatic N) is 3. The van der Waals surface area contributed by atoms with Crippen molar-refractivity contribution < 1.29 is 14.5 Å². The van der Waals surface area contributed by atoms with Crippen LogP contribution in [0, 0.1) is 10.1 Å². The van der Waals surface area contributed by atoms with E-state index in [2.05, 4.69) is 5.32 Å². The number of amides is 1. The minimum Gasteiger partial charge on any atom is -0.478 e. The van der Waals surface area contributed by atoms with E-state index in [1.54, 1.807) is 6.07 Å². The highest BCUT2D eigenvalue weighted by molar-refractivity contribution is 5.83. The number of pyridine rings is 1. The van der Waals surface area contributed by atoms with E-state index in [0.29, 0.717) is 24.0 Å². The van der Waals surface area contributed by atoms with Crippen molar-refractivity contribution in [1.29, 1.82) is 0 Å². The van der Waals surface area contributed by atoms with Gasteiger partial charge in [-0.2, -0.15) is 0 Å². The summed E-state index contributed by atoms with van der Waals surface area (Å²) in [5.41, 5.74) is 0.111. The van der Waals surface area contributed by atoms with Crippen molar-refractivity contribution in [3.05, 3.63) is 44.7 Å². The number of carbonyl (C=O) groups excluding carboxylic acids is 1. The molecular formula is C16H20N4O5. The molecule has 0 aliphatic heterocycles. The molecule has 0 bridgehead atoms. The van der Waals surface area contributed by atoms with Gasteiger partial charge >= 0.3 is 0 Å². The standard InChI is InChI=1S/C16H20N4O5/c1-17-15(21)10-25-14-9-11-8-12(20(23)24)4-5-13(11)19(16(14)22)7-6-18(2)3/h4-5,8-9H,6-7,10H2,1-3H3,(H,17,21). The van der Waals surface area contributed by atoms with E-state index in [0.717, 1.165) is 0 Å². The highest BCUT2D eigenvalue weighted by atomic mass is 16.6. The van der Waals surface area contributed by atoms with Crippen LogP contribution in [0.2, 0.25) is 0 Å². The fourth-order valence-corrected chi connectivity index (χ4v) is 2.30. The molecule has 25 heavy (non-hydrogen) atoms. The van der Waals surface area contributed by atoms with Crippen LogP contribution in [0.5, 0.6) is 5.75 Å². The summed E-state index contributed by atoms with van der Waals surface area (Å²) in [7, 11) is 5.22. The molecule has 2 aromatic rings. The molecule has 0 radical (unpaired) electrons. The lowest BCUT2D eigenvalue weighted by Gasteiger charge is -2.15. The van der Waals surface area contributed by atoms with E-state index in [-0.39, 0.29) is 29.5 Å². The van der Waals surface area contributed by atoms with Crippen LogP contribution in [0.15, 0.2) is 29.1 Å². The number of fused-ring (bicyclic) bond motifs is 1. The van der Waals surface area contributed by atoms with E-state index in [4.69, 9.17) is 4.74 Å². The van der Waals surface area contributed by atoms with Crippen LogP contribution >= 0.6 is 0 Å². The summed E-state index contributed by atoms with van der Waals surface area (Å²) >= 11 is 0. The number of carbonyl (C=O) groups is 1. The molecule has 0 atom stereocenters. The molecule has 9 heteroatoms. The lowest BCUT2D eigenvalue weighted by molar-refractivity contribution is -0.384. The van der Waals surface area contributed by atoms with Gasteiger partial charge in [0.1, 0.15) is 0 Å². The predicted octanol–water partition coefficient (Wildman–Crippen LogP) is 0.596. The Morgan fingerprint density at radius 3 is 2.68 bits per heavy atom. The number of nitro groups is 1. The van der Waals surface area contributed by atoms with Crippen LogP contribution in [-0.2, 0) is 11.3 Å². The van der Waals surface area contributed by atoms with Gasteiger partial charge in [0.05, 0.1) is 10.4 Å². The monoisotopic (exact) mass is 348 g/mol. The zero-order chi connectivity index (χ0) is 18.6. The van der Waals surface area contributed by atoms with E-state index in [9.17, 15) is 19.7 Å². The maximum absolute atomic E-state index is 12.7. The number of nitro benzene ring substituents is 1. The summed E-state index contributed by atoms with van der Waals surface area (Å²) in [6.07, 6.45) is 0. The van der Waals surface area contributed by atoms with Gasteiger partial charge in [-0.05, 0) is 26.2 Å². The lowest BCUT2D eigenvalue weighted by atomic mass is 10.2. The third kappa shape index (κ3) is 4.32. The number of hydrogen-bond acceptors (Lipinski definition) is 6. The Bertz CT molecular complexity index is 859. The van der Waals surface area contributed by atoms with Gasteiger partial charge in [-0.25, -0.2) is 0 Å². The van der Waals surface area contributed by atoms with Crippen molar-refractivity contribution in [1.82, 2.24) is 14.8 Å². The van der Waals surface area contributed by atoms with Crippen molar-refractivity contribution in [2.75, 3.05) is 34.3 Å². The number of aromatic nitrogens is 1. The van der Waals surface area contributed by atoms with E-state index in [1.165, 1.54) is 29.8 Å². The van der Waals surface area contributed by atoms with Gasteiger partial charge < -0.3 is 19.5 Å². The molecule has 1 N–H and O–H groups in total. The van der Waals surface area contributed by atoms with Crippen LogP contribution in [-0.4, -0.2) is 54.6 Å². The van der Waals surface area contributed by atoms with Crippen molar-refractivity contribution >= 4 is 22.5 Å². The average Bonchev–Trinajstić information content (AvgIpc) is 2.58. The predicted molar refractivity (Wildman–Crippen MR) is 93.0 cm³/mol. The second-order valence-corrected chi connectivity index (χ2v) is 5.73. The Kier molecular flexibility index (Phi) is 5.71. The molecule has 1 aromatic heterocycles. The summed E-state index contributed by atoms with van der Waals surface area (Å²) in [5.74, 6) is -0.395. The fraction of sp³-hybridized carbons (Fsp3) is 0.375. The first kappa shape index (κ1) is 18.4. The molecule has 0 fully saturated rings. The van der Waals surface area contributed by atoms with Gasteiger partial charge in [-0.1, -0.05) is 0 Å². The second-order valence-electron chi connectivity index (χ2n) is 5.73. The molecule has 1 amide bonds. The Hall–Kier alpha value is -2.94. The smallest absolute Gasteiger partial charge is 0.293 e. The van der Waals surface area contributed by atoms with E-state index >= 15 is 0 Å². The summed E-state index contributed by atoms with van der Waals surface area (Å²) in [5, 5.41) is 13.9. The van der Waals surface area contributed by atoms with Crippen LogP contribution in [0.3, 0.4) is 0 Å². The molecule has 9 nitrogen and oxygen atoms in total. The highest BCUT2D eigenvalue weighted by Gasteiger charge is 2.15. The minimum absolute atomic E-state index is 0.0182. The summed E-state index contributed by atoms with van der Waals surface area (Å²) in [6.45, 7) is 0.683. The number of likely N-dealkylation sites (N-methyl/N-ethyl adjacent to an activating group) is 2. The molecule has 1 aromatic carbocycles. The Balaban J connectivity index is 2.55. The first-order valence-corrected chi connectivity index (χ1v) is 7.63. The van der Waals surface area contributed by atoms with Crippen molar-refractivity contribution in [3.63, 3.8) is 0 Å². The number of nitrogens with one attached hydrogen (secondary N) is 1. The minimum atomic E-state index is -0.500. The van der Waals surface area contributed by atoms with Crippen molar-refractivity contribution in [3.8, 4) is 5.75 Å². The molecule has 0 aliphatic carbocycles. The lowest BCUT2D eigenvalue weighted by Crippen LogP contribution is -2.30. The number of hydrogen-bond donors (Lipinski definition) is 1. The quantitative estimate of drug-likeness (QED) is 0.580. The number of rotatable bonds is 7. The van der Waals surface area contributed by atoms with Gasteiger partial charge in [-0.3, -0.25) is 19.7 Å². The summed E-state index contributed by atoms with van der Waals surface area (Å²) in [6, 6.07) is 5.72. The largest absolute Gasteiger partial charge is 0.478 e. The second kappa shape index (κ2) is 7.75. The van der Waals surface area contributed by atoms with Crippen LogP contribution < -0.4 is 15.6 Å². The van der Waals surface area contributed by atoms with Gasteiger partial charge in [0.25, 0.3) is 17.2 Å². The summed E-state index contributed by atoms with van der Waals surface area (Å²) < 4.78 is 6.81. The normalized spacial score (nSPS) is 10.9. The zero-order valence-electron chi connectivity index (χ0n) is 14.3. The third-order valence-electron chi connectivity index (χ3n) is 3.66. The van der Waals surface area contributed by atoms with Crippen molar-refractivity contribution in [2.24, 2.45) is 0 Å². The number of ether oxygens (including phenoxy) is 1. The zero-order valence-corrected chi connectivity index (χ0v) is 14.3. The fourth-order valence-electron chi connectivity index (χ4n) is 2.30. The number of benzene rings is 1. The van der Waals surface area contributed by atoms with Crippen LogP contribution in [0.4, 0.5) is 5.69 Å². The van der Waals surface area contributed by atoms with E-state index < -0.39 is 4.92 Å². The molecule has 0 spiro atoms. The van der Waals surface area contributed by atoms with Crippen LogP contribution in [0.25, 0.3) is 10.9 Å². The molecule has 2 rings (SSSR count). The first-order chi connectivity index (χ1) is 11.8. The average molecular weight is 348 g/mol. The molecule has 0 saturated carbocycles. The Labute approximate surface area is 143 Å². The van der Waals surface area contributed by atoms with Gasteiger partial charge in [0, 0.05) is 37.7 Å².